The van der Waals surface area contributed by atoms with Gasteiger partial charge in [0.15, 0.2) is 0 Å². The Morgan fingerprint density at radius 2 is 0.403 bits per heavy atom. The molecule has 0 N–H and O–H groups in total. The van der Waals surface area contributed by atoms with Crippen LogP contribution >= 0.6 is 0 Å². The molecule has 0 unspecified atom stereocenters. The van der Waals surface area contributed by atoms with Crippen molar-refractivity contribution >= 4 is 105 Å². The average molecular weight is 1920 g/mol. The minimum atomic E-state index is 0.110. The van der Waals surface area contributed by atoms with Crippen molar-refractivity contribution in [1.29, 1.82) is 0 Å². The van der Waals surface area contributed by atoms with Crippen LogP contribution in [0.2, 0.25) is 0 Å². The van der Waals surface area contributed by atoms with Crippen molar-refractivity contribution in [1.82, 2.24) is 0 Å². The van der Waals surface area contributed by atoms with E-state index in [1.807, 2.05) is 0 Å². The Hall–Kier alpha value is -15.7. The Balaban J connectivity index is 0.000000101. The first-order chi connectivity index (χ1) is 73.8. The van der Waals surface area contributed by atoms with E-state index >= 15 is 0 Å². The molecule has 21 aromatic rings. The summed E-state index contributed by atoms with van der Waals surface area (Å²) in [5.74, 6) is 9.91. The van der Waals surface area contributed by atoms with E-state index < -0.39 is 0 Å². The predicted molar refractivity (Wildman–Crippen MR) is 622 cm³/mol. The fraction of sp³-hybridized carbons (Fsp3) is 0.205. The van der Waals surface area contributed by atoms with E-state index in [-0.39, 0.29) is 16.2 Å². The Labute approximate surface area is 875 Å². The molecule has 12 fully saturated rings. The number of anilines is 9. The van der Waals surface area contributed by atoms with Crippen LogP contribution in [0.4, 0.5) is 51.2 Å². The third kappa shape index (κ3) is 13.5. The van der Waals surface area contributed by atoms with Crippen LogP contribution in [0.15, 0.2) is 467 Å². The highest BCUT2D eigenvalue weighted by atomic mass is 15.2. The van der Waals surface area contributed by atoms with Gasteiger partial charge in [0.1, 0.15) is 0 Å². The maximum atomic E-state index is 2.64. The average Bonchev–Trinajstić information content (AvgIpc) is 1.52. The molecular weight excluding hydrogens is 1800 g/mol. The summed E-state index contributed by atoms with van der Waals surface area (Å²) in [6.07, 6.45) is 21.1. The monoisotopic (exact) mass is 1910 g/mol. The highest BCUT2D eigenvalue weighted by molar-refractivity contribution is 6.16. The van der Waals surface area contributed by atoms with Gasteiger partial charge in [0.05, 0.1) is 28.4 Å². The molecule has 149 heavy (non-hydrogen) atoms. The smallest absolute Gasteiger partial charge is 0.0546 e. The summed E-state index contributed by atoms with van der Waals surface area (Å²) in [7, 11) is 0. The summed E-state index contributed by atoms with van der Waals surface area (Å²) in [5.41, 5.74) is 39.7. The number of benzene rings is 21. The Kier molecular flexibility index (Phi) is 20.4. The predicted octanol–water partition coefficient (Wildman–Crippen LogP) is 39.1. The first kappa shape index (κ1) is 87.5. The van der Waals surface area contributed by atoms with E-state index in [1.54, 1.807) is 33.4 Å². The molecule has 0 radical (unpaired) electrons. The molecule has 21 aromatic carbocycles. The van der Waals surface area contributed by atoms with Crippen LogP contribution < -0.4 is 14.7 Å². The molecule has 0 aliphatic heterocycles. The summed E-state index contributed by atoms with van der Waals surface area (Å²) in [6.45, 7) is 0. The lowest BCUT2D eigenvalue weighted by Crippen LogP contribution is -2.55. The second-order valence-electron chi connectivity index (χ2n) is 46.4. The van der Waals surface area contributed by atoms with Gasteiger partial charge in [-0.1, -0.05) is 388 Å². The van der Waals surface area contributed by atoms with Gasteiger partial charge < -0.3 is 14.7 Å². The lowest BCUT2D eigenvalue weighted by atomic mass is 9.43. The van der Waals surface area contributed by atoms with Crippen molar-refractivity contribution in [3.05, 3.63) is 500 Å². The molecule has 0 atom stereocenters. The SMILES string of the molecule is c1ccc(-c2ccccc2N(c2ccc3c(c2)C2(c4ccccc4-3)C3CC4CC(C3)CC2C4)c2cc3ccccc3c3ccccc23)cc1.c1ccc(-c2ccccc2N(c2ccc3c(c2)C2(c4ccccc4-3)C3CC4CC(C3)CC2C4)c2ccc(-c3ccccc3)c3ccccc23)cc1.c1ccc(-c2ccccc2N(c2ccc3c(c2)C2(c4ccccc4-3)C3CC4CC(C3)CC2C4)c2ccc3c(ccc4ccccc43)c2)cc1. The van der Waals surface area contributed by atoms with Crippen molar-refractivity contribution < 1.29 is 0 Å². The van der Waals surface area contributed by atoms with Gasteiger partial charge in [-0.2, -0.15) is 0 Å². The zero-order valence-electron chi connectivity index (χ0n) is 84.3. The van der Waals surface area contributed by atoms with Crippen molar-refractivity contribution in [3.63, 3.8) is 0 Å². The normalized spacial score (nSPS) is 24.2. The topological polar surface area (TPSA) is 9.72 Å². The van der Waals surface area contributed by atoms with Gasteiger partial charge in [0, 0.05) is 66.5 Å². The molecule has 15 aliphatic rings. The molecule has 3 spiro atoms. The fourth-order valence-electron chi connectivity index (χ4n) is 34.4. The molecule has 0 amide bonds. The van der Waals surface area contributed by atoms with Gasteiger partial charge in [0.25, 0.3) is 0 Å². The van der Waals surface area contributed by atoms with Gasteiger partial charge in [-0.05, 0) is 384 Å². The zero-order chi connectivity index (χ0) is 97.7. The second kappa shape index (κ2) is 34.7. The van der Waals surface area contributed by atoms with Crippen molar-refractivity contribution in [2.75, 3.05) is 14.7 Å². The second-order valence-corrected chi connectivity index (χ2v) is 46.4. The zero-order valence-corrected chi connectivity index (χ0v) is 84.3. The molecule has 15 aliphatic carbocycles. The maximum absolute atomic E-state index is 2.64. The van der Waals surface area contributed by atoms with E-state index in [1.165, 1.54) is 279 Å². The fourth-order valence-corrected chi connectivity index (χ4v) is 34.4. The van der Waals surface area contributed by atoms with Crippen LogP contribution in [0.3, 0.4) is 0 Å². The van der Waals surface area contributed by atoms with Crippen molar-refractivity contribution in [3.8, 4) is 77.9 Å². The number of rotatable bonds is 13. The van der Waals surface area contributed by atoms with Gasteiger partial charge >= 0.3 is 0 Å². The molecule has 0 aromatic heterocycles. The summed E-state index contributed by atoms with van der Waals surface area (Å²) >= 11 is 0. The Bertz CT molecular complexity index is 8830. The summed E-state index contributed by atoms with van der Waals surface area (Å²) < 4.78 is 0. The lowest BCUT2D eigenvalue weighted by Gasteiger charge is -2.61. The van der Waals surface area contributed by atoms with Gasteiger partial charge in [0.2, 0.25) is 0 Å². The number of fused-ring (bicyclic) bond motifs is 16. The summed E-state index contributed by atoms with van der Waals surface area (Å²) in [4.78, 5) is 7.71. The number of hydrogen-bond acceptors (Lipinski definition) is 3. The third-order valence-electron chi connectivity index (χ3n) is 39.3. The van der Waals surface area contributed by atoms with Gasteiger partial charge in [-0.15, -0.1) is 0 Å². The lowest BCUT2D eigenvalue weighted by molar-refractivity contribution is -0.0399. The summed E-state index contributed by atoms with van der Waals surface area (Å²) in [5, 5.41) is 12.8. The molecule has 0 heterocycles. The first-order valence-corrected chi connectivity index (χ1v) is 55.8. The van der Waals surface area contributed by atoms with Crippen LogP contribution in [0.5, 0.6) is 0 Å². The largest absolute Gasteiger partial charge is 0.310 e. The van der Waals surface area contributed by atoms with Crippen LogP contribution in [-0.4, -0.2) is 0 Å². The molecule has 3 heteroatoms. The minimum absolute atomic E-state index is 0.110. The molecule has 3 nitrogen and oxygen atoms in total. The standard InChI is InChI=1S/C50H41N.2C48H39N/c1-3-13-35(14-4-1)40-25-26-49(45-20-8-7-18-42(40)45)51(48-22-12-10-17-41(48)36-15-5-2-6-16-36)39-23-24-44-43-19-9-11-21-46(43)50(47(44)32-39)37-28-33-27-34(30-37)31-38(50)29-33;1-2-10-33(11-3-1)42-14-7-9-17-47(42)49(38-20-22-41-35(29-38)19-18-34-12-4-5-13-40(34)41)39-21-23-44-43-15-6-8-16-45(43)48(46(44)30-39)36-25-31-24-32(27-36)28-37(48)26-31;1-2-12-33(13-3-1)39-16-9-11-21-46(39)49(47-29-34-14-4-5-15-38(34)40-17-6-7-19-43(40)47)37-22-23-42-41-18-8-10-20-44(41)48(45(42)30-37)35-25-31-24-32(27-35)28-36(48)26-31/h1-26,32-34,37-38H,27-31H2;1-23,29-32,36-37H,24-28H2;1-23,29-32,35-36H,24-28H2. The highest BCUT2D eigenvalue weighted by Gasteiger charge is 2.65. The van der Waals surface area contributed by atoms with Crippen LogP contribution in [0, 0.1) is 71.0 Å². The molecule has 718 valence electrons. The summed E-state index contributed by atoms with van der Waals surface area (Å²) in [6, 6.07) is 176. The van der Waals surface area contributed by atoms with E-state index in [4.69, 9.17) is 0 Å². The van der Waals surface area contributed by atoms with E-state index in [2.05, 4.69) is 482 Å². The molecule has 12 bridgehead atoms. The number of para-hydroxylation sites is 3. The molecule has 36 rings (SSSR count). The third-order valence-corrected chi connectivity index (χ3v) is 39.3. The van der Waals surface area contributed by atoms with Gasteiger partial charge in [-0.3, -0.25) is 0 Å². The van der Waals surface area contributed by atoms with Crippen LogP contribution in [0.1, 0.15) is 130 Å². The van der Waals surface area contributed by atoms with Gasteiger partial charge in [-0.25, -0.2) is 0 Å². The maximum Gasteiger partial charge on any atom is 0.0546 e. The van der Waals surface area contributed by atoms with Crippen molar-refractivity contribution in [2.45, 2.75) is 113 Å². The molecule has 12 saturated carbocycles. The molecular formula is C146H119N3. The Morgan fingerprint density at radius 1 is 0.141 bits per heavy atom. The molecule has 0 saturated heterocycles. The van der Waals surface area contributed by atoms with Crippen molar-refractivity contribution in [2.24, 2.45) is 71.0 Å². The first-order valence-electron chi connectivity index (χ1n) is 55.8. The van der Waals surface area contributed by atoms with E-state index in [0.717, 1.165) is 71.0 Å². The van der Waals surface area contributed by atoms with E-state index in [9.17, 15) is 0 Å². The highest BCUT2D eigenvalue weighted by Crippen LogP contribution is 2.74. The van der Waals surface area contributed by atoms with Crippen LogP contribution in [0.25, 0.3) is 132 Å². The number of hydrogen-bond donors (Lipinski definition) is 0. The van der Waals surface area contributed by atoms with Crippen LogP contribution in [-0.2, 0) is 16.2 Å². The minimum Gasteiger partial charge on any atom is -0.310 e. The Morgan fingerprint density at radius 3 is 0.819 bits per heavy atom. The quantitative estimate of drug-likeness (QED) is 0.107. The van der Waals surface area contributed by atoms with E-state index in [0.29, 0.717) is 0 Å². The number of nitrogens with zero attached hydrogens (tertiary/aromatic N) is 3.